The van der Waals surface area contributed by atoms with E-state index in [1.807, 2.05) is 36.7 Å². The van der Waals surface area contributed by atoms with Gasteiger partial charge in [0.05, 0.1) is 5.69 Å². The van der Waals surface area contributed by atoms with Crippen LogP contribution in [0.2, 0.25) is 5.02 Å². The third kappa shape index (κ3) is 4.60. The van der Waals surface area contributed by atoms with Gasteiger partial charge in [0.1, 0.15) is 5.82 Å². The Hall–Kier alpha value is -2.43. The molecule has 5 heteroatoms. The molecule has 2 aromatic heterocycles. The molecular weight excluding hydrogens is 404 g/mol. The maximum atomic E-state index is 5.99. The lowest BCUT2D eigenvalue weighted by molar-refractivity contribution is 0.147. The number of rotatable bonds is 4. The van der Waals surface area contributed by atoms with Crippen LogP contribution in [0.25, 0.3) is 22.4 Å². The molecule has 1 unspecified atom stereocenters. The Labute approximate surface area is 189 Å². The molecule has 0 amide bonds. The first-order valence-corrected chi connectivity index (χ1v) is 11.7. The molecule has 1 aromatic carbocycles. The van der Waals surface area contributed by atoms with E-state index in [9.17, 15) is 0 Å². The molecule has 2 saturated heterocycles. The lowest BCUT2D eigenvalue weighted by Crippen LogP contribution is -2.42. The summed E-state index contributed by atoms with van der Waals surface area (Å²) >= 11 is 5.99. The molecule has 5 rings (SSSR count). The van der Waals surface area contributed by atoms with Crippen molar-refractivity contribution in [2.75, 3.05) is 31.1 Å². The maximum Gasteiger partial charge on any atom is 0.128 e. The van der Waals surface area contributed by atoms with Crippen LogP contribution in [0, 0.1) is 5.92 Å². The van der Waals surface area contributed by atoms with Crippen LogP contribution in [0.1, 0.15) is 26.2 Å². The molecular formula is C26H29ClN4. The average molecular weight is 433 g/mol. The SMILES string of the molecule is CC1CCN(C2CCN(c3ccc(-c4ccc(-c5ccc(Cl)cc5)cn4)cn3)C2)CC1. The minimum Gasteiger partial charge on any atom is -0.355 e. The van der Waals surface area contributed by atoms with Crippen LogP contribution >= 0.6 is 11.6 Å². The third-order valence-corrected chi connectivity index (χ3v) is 7.06. The Morgan fingerprint density at radius 1 is 0.774 bits per heavy atom. The third-order valence-electron chi connectivity index (χ3n) is 6.81. The molecule has 0 spiro atoms. The van der Waals surface area contributed by atoms with Gasteiger partial charge in [-0.1, -0.05) is 36.7 Å². The number of benzene rings is 1. The van der Waals surface area contributed by atoms with Crippen molar-refractivity contribution in [2.45, 2.75) is 32.2 Å². The maximum absolute atomic E-state index is 5.99. The van der Waals surface area contributed by atoms with Crippen LogP contribution in [-0.2, 0) is 0 Å². The van der Waals surface area contributed by atoms with Gasteiger partial charge < -0.3 is 4.90 Å². The predicted octanol–water partition coefficient (Wildman–Crippen LogP) is 5.77. The van der Waals surface area contributed by atoms with Gasteiger partial charge >= 0.3 is 0 Å². The number of hydrogen-bond donors (Lipinski definition) is 0. The van der Waals surface area contributed by atoms with Crippen molar-refractivity contribution >= 4 is 17.4 Å². The second kappa shape index (κ2) is 8.97. The van der Waals surface area contributed by atoms with Crippen LogP contribution in [0.15, 0.2) is 60.9 Å². The Morgan fingerprint density at radius 2 is 1.48 bits per heavy atom. The Kier molecular flexibility index (Phi) is 5.93. The van der Waals surface area contributed by atoms with Crippen molar-refractivity contribution in [2.24, 2.45) is 5.92 Å². The standard InChI is InChI=1S/C26H29ClN4/c1-19-10-13-30(14-11-19)24-12-15-31(18-24)26-9-5-22(17-29-26)25-8-4-21(16-28-25)20-2-6-23(27)7-3-20/h2-9,16-17,19,24H,10-15,18H2,1H3. The average Bonchev–Trinajstić information content (AvgIpc) is 3.31. The molecule has 4 nitrogen and oxygen atoms in total. The van der Waals surface area contributed by atoms with E-state index in [-0.39, 0.29) is 0 Å². The smallest absolute Gasteiger partial charge is 0.128 e. The van der Waals surface area contributed by atoms with Crippen LogP contribution < -0.4 is 4.90 Å². The molecule has 160 valence electrons. The number of anilines is 1. The molecule has 0 radical (unpaired) electrons. The fourth-order valence-electron chi connectivity index (χ4n) is 4.74. The first-order chi connectivity index (χ1) is 15.2. The topological polar surface area (TPSA) is 32.3 Å². The van der Waals surface area contributed by atoms with E-state index in [0.717, 1.165) is 52.2 Å². The van der Waals surface area contributed by atoms with Crippen molar-refractivity contribution < 1.29 is 0 Å². The van der Waals surface area contributed by atoms with Gasteiger partial charge in [-0.25, -0.2) is 4.98 Å². The molecule has 0 saturated carbocycles. The number of nitrogens with zero attached hydrogens (tertiary/aromatic N) is 4. The van der Waals surface area contributed by atoms with E-state index in [4.69, 9.17) is 16.6 Å². The van der Waals surface area contributed by atoms with Crippen LogP contribution in [-0.4, -0.2) is 47.1 Å². The van der Waals surface area contributed by atoms with E-state index in [0.29, 0.717) is 6.04 Å². The summed E-state index contributed by atoms with van der Waals surface area (Å²) in [6, 6.07) is 17.0. The van der Waals surface area contributed by atoms with E-state index in [1.165, 1.54) is 32.4 Å². The van der Waals surface area contributed by atoms with Gasteiger partial charge in [-0.2, -0.15) is 0 Å². The zero-order valence-electron chi connectivity index (χ0n) is 18.0. The summed E-state index contributed by atoms with van der Waals surface area (Å²) in [5, 5.41) is 0.745. The zero-order chi connectivity index (χ0) is 21.2. The number of piperidine rings is 1. The first-order valence-electron chi connectivity index (χ1n) is 11.3. The van der Waals surface area contributed by atoms with Gasteiger partial charge in [-0.15, -0.1) is 0 Å². The fraction of sp³-hybridized carbons (Fsp3) is 0.385. The van der Waals surface area contributed by atoms with E-state index < -0.39 is 0 Å². The second-order valence-corrected chi connectivity index (χ2v) is 9.39. The summed E-state index contributed by atoms with van der Waals surface area (Å²) < 4.78 is 0. The van der Waals surface area contributed by atoms with Crippen molar-refractivity contribution in [3.63, 3.8) is 0 Å². The van der Waals surface area contributed by atoms with Crippen LogP contribution in [0.3, 0.4) is 0 Å². The molecule has 4 heterocycles. The molecule has 1 atom stereocenters. The highest BCUT2D eigenvalue weighted by atomic mass is 35.5. The zero-order valence-corrected chi connectivity index (χ0v) is 18.8. The molecule has 2 fully saturated rings. The molecule has 0 bridgehead atoms. The van der Waals surface area contributed by atoms with Gasteiger partial charge in [-0.3, -0.25) is 9.88 Å². The molecule has 3 aromatic rings. The number of halogens is 1. The van der Waals surface area contributed by atoms with Gasteiger partial charge in [0.2, 0.25) is 0 Å². The minimum absolute atomic E-state index is 0.677. The number of likely N-dealkylation sites (tertiary alicyclic amines) is 1. The quantitative estimate of drug-likeness (QED) is 0.523. The number of aromatic nitrogens is 2. The van der Waals surface area contributed by atoms with Crippen molar-refractivity contribution in [3.05, 3.63) is 65.9 Å². The molecule has 0 aliphatic carbocycles. The highest BCUT2D eigenvalue weighted by molar-refractivity contribution is 6.30. The predicted molar refractivity (Wildman–Crippen MR) is 129 cm³/mol. The summed E-state index contributed by atoms with van der Waals surface area (Å²) in [6.07, 6.45) is 7.79. The fourth-order valence-corrected chi connectivity index (χ4v) is 4.87. The monoisotopic (exact) mass is 432 g/mol. The second-order valence-electron chi connectivity index (χ2n) is 8.95. The molecule has 2 aliphatic rings. The summed E-state index contributed by atoms with van der Waals surface area (Å²) in [6.45, 7) is 7.07. The lowest BCUT2D eigenvalue weighted by atomic mass is 9.98. The summed E-state index contributed by atoms with van der Waals surface area (Å²) in [5.41, 5.74) is 4.19. The Morgan fingerprint density at radius 3 is 2.16 bits per heavy atom. The van der Waals surface area contributed by atoms with E-state index in [2.05, 4.69) is 46.0 Å². The number of pyridine rings is 2. The normalized spacial score (nSPS) is 20.3. The lowest BCUT2D eigenvalue weighted by Gasteiger charge is -2.34. The largest absolute Gasteiger partial charge is 0.355 e. The van der Waals surface area contributed by atoms with Gasteiger partial charge in [0, 0.05) is 47.7 Å². The Balaban J connectivity index is 1.23. The molecule has 2 aliphatic heterocycles. The highest BCUT2D eigenvalue weighted by Gasteiger charge is 2.30. The van der Waals surface area contributed by atoms with E-state index in [1.54, 1.807) is 0 Å². The summed E-state index contributed by atoms with van der Waals surface area (Å²) in [4.78, 5) is 14.6. The number of hydrogen-bond acceptors (Lipinski definition) is 4. The van der Waals surface area contributed by atoms with Crippen LogP contribution in [0.5, 0.6) is 0 Å². The van der Waals surface area contributed by atoms with Gasteiger partial charge in [0.15, 0.2) is 0 Å². The highest BCUT2D eigenvalue weighted by Crippen LogP contribution is 2.28. The van der Waals surface area contributed by atoms with E-state index >= 15 is 0 Å². The summed E-state index contributed by atoms with van der Waals surface area (Å²) in [5.74, 6) is 1.96. The minimum atomic E-state index is 0.677. The Bertz CT molecular complexity index is 993. The van der Waals surface area contributed by atoms with Crippen LogP contribution in [0.4, 0.5) is 5.82 Å². The van der Waals surface area contributed by atoms with Gasteiger partial charge in [-0.05, 0) is 74.2 Å². The van der Waals surface area contributed by atoms with Crippen molar-refractivity contribution in [1.82, 2.24) is 14.9 Å². The van der Waals surface area contributed by atoms with Crippen molar-refractivity contribution in [3.8, 4) is 22.4 Å². The molecule has 31 heavy (non-hydrogen) atoms. The summed E-state index contributed by atoms with van der Waals surface area (Å²) in [7, 11) is 0. The van der Waals surface area contributed by atoms with Crippen molar-refractivity contribution in [1.29, 1.82) is 0 Å². The molecule has 0 N–H and O–H groups in total. The first kappa shape index (κ1) is 20.5. The van der Waals surface area contributed by atoms with Gasteiger partial charge in [0.25, 0.3) is 0 Å².